The zero-order chi connectivity index (χ0) is 18.2. The van der Waals surface area contributed by atoms with E-state index >= 15 is 0 Å². The Kier molecular flexibility index (Phi) is 4.63. The van der Waals surface area contributed by atoms with E-state index in [1.807, 2.05) is 20.8 Å². The molecule has 0 aliphatic heterocycles. The van der Waals surface area contributed by atoms with Crippen LogP contribution in [0.2, 0.25) is 0 Å². The van der Waals surface area contributed by atoms with E-state index in [0.717, 1.165) is 31.2 Å². The number of hydrogen-bond acceptors (Lipinski definition) is 2. The molecule has 3 rings (SSSR count). The van der Waals surface area contributed by atoms with Crippen molar-refractivity contribution in [3.63, 3.8) is 0 Å². The molecule has 0 amide bonds. The largest absolute Gasteiger partial charge is 0.478 e. The molecule has 25 heavy (non-hydrogen) atoms. The number of pyridine rings is 1. The topological polar surface area (TPSA) is 50.2 Å². The highest BCUT2D eigenvalue weighted by molar-refractivity contribution is 5.98. The van der Waals surface area contributed by atoms with Gasteiger partial charge in [-0.2, -0.15) is 0 Å². The standard InChI is InChI=1S/C21H24FNO2/c1-21(2,3)15-12-23-19(13-8-4-5-9-13)18(20(24)25)17(15)14-10-6-7-11-16(14)22/h6-7,10-13H,4-5,8-9H2,1-3H3,(H,24,25). The lowest BCUT2D eigenvalue weighted by molar-refractivity contribution is 0.0695. The van der Waals surface area contributed by atoms with Crippen molar-refractivity contribution < 1.29 is 14.3 Å². The van der Waals surface area contributed by atoms with Crippen LogP contribution in [0.4, 0.5) is 4.39 Å². The molecule has 132 valence electrons. The van der Waals surface area contributed by atoms with Crippen molar-refractivity contribution in [2.45, 2.75) is 57.8 Å². The molecule has 1 N–H and O–H groups in total. The fourth-order valence-corrected chi connectivity index (χ4v) is 3.76. The molecule has 4 heteroatoms. The Bertz CT molecular complexity index is 802. The predicted molar refractivity (Wildman–Crippen MR) is 96.5 cm³/mol. The highest BCUT2D eigenvalue weighted by Gasteiger charge is 2.32. The van der Waals surface area contributed by atoms with Crippen molar-refractivity contribution >= 4 is 5.97 Å². The number of aromatic carboxylic acids is 1. The van der Waals surface area contributed by atoms with Crippen LogP contribution >= 0.6 is 0 Å². The maximum Gasteiger partial charge on any atom is 0.338 e. The summed E-state index contributed by atoms with van der Waals surface area (Å²) in [5.41, 5.74) is 2.02. The molecule has 1 aliphatic rings. The van der Waals surface area contributed by atoms with Crippen molar-refractivity contribution in [2.24, 2.45) is 0 Å². The molecule has 0 radical (unpaired) electrons. The van der Waals surface area contributed by atoms with E-state index in [1.54, 1.807) is 24.4 Å². The molecule has 0 bridgehead atoms. The molecule has 0 atom stereocenters. The first-order valence-electron chi connectivity index (χ1n) is 8.82. The summed E-state index contributed by atoms with van der Waals surface area (Å²) in [4.78, 5) is 16.8. The minimum Gasteiger partial charge on any atom is -0.478 e. The van der Waals surface area contributed by atoms with Crippen LogP contribution in [0.5, 0.6) is 0 Å². The van der Waals surface area contributed by atoms with Crippen molar-refractivity contribution in [3.8, 4) is 11.1 Å². The van der Waals surface area contributed by atoms with E-state index < -0.39 is 11.8 Å². The summed E-state index contributed by atoms with van der Waals surface area (Å²) < 4.78 is 14.6. The Morgan fingerprint density at radius 1 is 1.20 bits per heavy atom. The van der Waals surface area contributed by atoms with Gasteiger partial charge in [0.1, 0.15) is 5.82 Å². The van der Waals surface area contributed by atoms with Crippen LogP contribution in [0.1, 0.15) is 74.0 Å². The van der Waals surface area contributed by atoms with Gasteiger partial charge < -0.3 is 5.11 Å². The normalized spacial score (nSPS) is 15.5. The van der Waals surface area contributed by atoms with Gasteiger partial charge in [0.05, 0.1) is 11.3 Å². The lowest BCUT2D eigenvalue weighted by Gasteiger charge is -2.26. The molecule has 1 aromatic carbocycles. The summed E-state index contributed by atoms with van der Waals surface area (Å²) in [5.74, 6) is -1.29. The zero-order valence-corrected chi connectivity index (χ0v) is 15.0. The van der Waals surface area contributed by atoms with Crippen molar-refractivity contribution in [1.82, 2.24) is 4.98 Å². The van der Waals surface area contributed by atoms with Crippen molar-refractivity contribution in [1.29, 1.82) is 0 Å². The number of nitrogens with zero attached hydrogens (tertiary/aromatic N) is 1. The van der Waals surface area contributed by atoms with Crippen LogP contribution in [-0.2, 0) is 5.41 Å². The van der Waals surface area contributed by atoms with Gasteiger partial charge in [0.15, 0.2) is 0 Å². The maximum absolute atomic E-state index is 14.6. The van der Waals surface area contributed by atoms with Crippen LogP contribution in [0.25, 0.3) is 11.1 Å². The Hall–Kier alpha value is -2.23. The van der Waals surface area contributed by atoms with Crippen LogP contribution < -0.4 is 0 Å². The van der Waals surface area contributed by atoms with Crippen LogP contribution in [-0.4, -0.2) is 16.1 Å². The first-order chi connectivity index (χ1) is 11.8. The van der Waals surface area contributed by atoms with Gasteiger partial charge >= 0.3 is 5.97 Å². The van der Waals surface area contributed by atoms with Gasteiger partial charge in [-0.05, 0) is 29.9 Å². The number of hydrogen-bond donors (Lipinski definition) is 1. The van der Waals surface area contributed by atoms with Gasteiger partial charge in [-0.1, -0.05) is 51.8 Å². The number of carboxylic acids is 1. The van der Waals surface area contributed by atoms with E-state index in [-0.39, 0.29) is 16.9 Å². The minimum absolute atomic E-state index is 0.144. The van der Waals surface area contributed by atoms with Gasteiger partial charge in [0.25, 0.3) is 0 Å². The zero-order valence-electron chi connectivity index (χ0n) is 15.0. The Labute approximate surface area is 147 Å². The number of rotatable bonds is 3. The van der Waals surface area contributed by atoms with Crippen molar-refractivity contribution in [2.75, 3.05) is 0 Å². The van der Waals surface area contributed by atoms with E-state index in [2.05, 4.69) is 4.98 Å². The summed E-state index contributed by atoms with van der Waals surface area (Å²) in [6, 6.07) is 6.40. The Balaban J connectivity index is 2.36. The Morgan fingerprint density at radius 2 is 1.84 bits per heavy atom. The van der Waals surface area contributed by atoms with Crippen LogP contribution in [0, 0.1) is 5.82 Å². The summed E-state index contributed by atoms with van der Waals surface area (Å²) in [6.07, 6.45) is 5.81. The SMILES string of the molecule is CC(C)(C)c1cnc(C2CCCC2)c(C(=O)O)c1-c1ccccc1F. The number of benzene rings is 1. The lowest BCUT2D eigenvalue weighted by Crippen LogP contribution is -2.19. The summed E-state index contributed by atoms with van der Waals surface area (Å²) >= 11 is 0. The first kappa shape index (κ1) is 17.6. The second-order valence-electron chi connectivity index (χ2n) is 7.82. The molecular weight excluding hydrogens is 317 g/mol. The fraction of sp³-hybridized carbons (Fsp3) is 0.429. The smallest absolute Gasteiger partial charge is 0.338 e. The average Bonchev–Trinajstić information content (AvgIpc) is 3.07. The Morgan fingerprint density at radius 3 is 2.40 bits per heavy atom. The second kappa shape index (κ2) is 6.58. The van der Waals surface area contributed by atoms with Gasteiger partial charge in [0.2, 0.25) is 0 Å². The molecule has 1 heterocycles. The first-order valence-corrected chi connectivity index (χ1v) is 8.82. The molecule has 3 nitrogen and oxygen atoms in total. The third-order valence-electron chi connectivity index (χ3n) is 5.02. The molecule has 1 aliphatic carbocycles. The van der Waals surface area contributed by atoms with Crippen molar-refractivity contribution in [3.05, 3.63) is 53.1 Å². The monoisotopic (exact) mass is 341 g/mol. The fourth-order valence-electron chi connectivity index (χ4n) is 3.76. The van der Waals surface area contributed by atoms with E-state index in [1.165, 1.54) is 6.07 Å². The highest BCUT2D eigenvalue weighted by Crippen LogP contribution is 2.42. The summed E-state index contributed by atoms with van der Waals surface area (Å²) in [7, 11) is 0. The highest BCUT2D eigenvalue weighted by atomic mass is 19.1. The third-order valence-corrected chi connectivity index (χ3v) is 5.02. The number of carbonyl (C=O) groups is 1. The number of aromatic nitrogens is 1. The lowest BCUT2D eigenvalue weighted by atomic mass is 9.79. The second-order valence-corrected chi connectivity index (χ2v) is 7.82. The third kappa shape index (κ3) is 3.30. The van der Waals surface area contributed by atoms with Crippen LogP contribution in [0.3, 0.4) is 0 Å². The molecule has 0 saturated heterocycles. The van der Waals surface area contributed by atoms with Gasteiger partial charge in [0, 0.05) is 23.2 Å². The number of carboxylic acid groups (broad SMARTS) is 1. The molecule has 1 fully saturated rings. The average molecular weight is 341 g/mol. The van der Waals surface area contributed by atoms with Crippen LogP contribution in [0.15, 0.2) is 30.5 Å². The maximum atomic E-state index is 14.6. The van der Waals surface area contributed by atoms with Gasteiger partial charge in [-0.25, -0.2) is 9.18 Å². The molecule has 2 aromatic rings. The molecule has 0 unspecified atom stereocenters. The van der Waals surface area contributed by atoms with Gasteiger partial charge in [-0.15, -0.1) is 0 Å². The molecule has 1 saturated carbocycles. The van der Waals surface area contributed by atoms with Gasteiger partial charge in [-0.3, -0.25) is 4.98 Å². The van der Waals surface area contributed by atoms with E-state index in [4.69, 9.17) is 0 Å². The minimum atomic E-state index is -1.03. The van der Waals surface area contributed by atoms with E-state index in [9.17, 15) is 14.3 Å². The molecular formula is C21H24FNO2. The molecule has 1 aromatic heterocycles. The number of halogens is 1. The summed E-state index contributed by atoms with van der Waals surface area (Å²) in [6.45, 7) is 5.99. The molecule has 0 spiro atoms. The predicted octanol–water partition coefficient (Wildman–Crippen LogP) is 5.54. The summed E-state index contributed by atoms with van der Waals surface area (Å²) in [5, 5.41) is 9.99. The van der Waals surface area contributed by atoms with E-state index in [0.29, 0.717) is 16.8 Å². The quantitative estimate of drug-likeness (QED) is 0.797.